The van der Waals surface area contributed by atoms with Gasteiger partial charge in [-0.2, -0.15) is 0 Å². The molecule has 0 saturated carbocycles. The minimum absolute atomic E-state index is 0. The Kier molecular flexibility index (Phi) is 19.3. The highest BCUT2D eigenvalue weighted by Gasteiger charge is 2.23. The molecule has 0 aliphatic carbocycles. The van der Waals surface area contributed by atoms with Crippen LogP contribution in [0.1, 0.15) is 69.2 Å². The molecule has 0 spiro atoms. The Bertz CT molecular complexity index is 101. The van der Waals surface area contributed by atoms with Crippen molar-refractivity contribution in [3.63, 3.8) is 0 Å². The van der Waals surface area contributed by atoms with Crippen molar-refractivity contribution in [2.75, 3.05) is 0 Å². The third-order valence-corrected chi connectivity index (χ3v) is 1.97. The van der Waals surface area contributed by atoms with Crippen molar-refractivity contribution < 1.29 is 0 Å². The first kappa shape index (κ1) is 24.6. The summed E-state index contributed by atoms with van der Waals surface area (Å²) >= 11 is 4.24. The van der Waals surface area contributed by atoms with Crippen LogP contribution in [0.2, 0.25) is 0 Å². The van der Waals surface area contributed by atoms with Gasteiger partial charge < -0.3 is 0 Å². The van der Waals surface area contributed by atoms with Crippen molar-refractivity contribution in [3.05, 3.63) is 0 Å². The summed E-state index contributed by atoms with van der Waals surface area (Å²) in [5.74, 6) is 0. The molecule has 0 atom stereocenters. The molecule has 0 rings (SSSR count). The first-order valence-electron chi connectivity index (χ1n) is 4.41. The van der Waals surface area contributed by atoms with E-state index in [2.05, 4.69) is 78.8 Å². The fourth-order valence-electron chi connectivity index (χ4n) is 1.56. The SMILES string of the molecule is C.C.CCC(C)(C)CC(C)(C)C.II. The topological polar surface area (TPSA) is 0 Å². The lowest BCUT2D eigenvalue weighted by Crippen LogP contribution is -2.19. The lowest BCUT2D eigenvalue weighted by molar-refractivity contribution is 0.206. The van der Waals surface area contributed by atoms with Crippen molar-refractivity contribution in [1.82, 2.24) is 0 Å². The number of hydrogen-bond donors (Lipinski definition) is 0. The van der Waals surface area contributed by atoms with E-state index in [4.69, 9.17) is 0 Å². The maximum Gasteiger partial charge on any atom is 0 e. The van der Waals surface area contributed by atoms with E-state index >= 15 is 0 Å². The van der Waals surface area contributed by atoms with Gasteiger partial charge in [-0.1, -0.05) is 62.8 Å². The largest absolute Gasteiger partial charge is 0.0776 e. The van der Waals surface area contributed by atoms with Crippen LogP contribution >= 0.6 is 37.2 Å². The number of hydrogen-bond acceptors (Lipinski definition) is 0. The third kappa shape index (κ3) is 19.1. The van der Waals surface area contributed by atoms with Gasteiger partial charge in [-0.25, -0.2) is 0 Å². The van der Waals surface area contributed by atoms with Crippen LogP contribution in [0.5, 0.6) is 0 Å². The molecular formula is C12H30I2. The molecule has 0 heterocycles. The van der Waals surface area contributed by atoms with Gasteiger partial charge in [0.1, 0.15) is 0 Å². The van der Waals surface area contributed by atoms with Gasteiger partial charge in [-0.05, 0) is 17.3 Å². The molecule has 0 bridgehead atoms. The molecule has 0 N–H and O–H groups in total. The van der Waals surface area contributed by atoms with Crippen LogP contribution in [-0.4, -0.2) is 0 Å². The molecule has 0 fully saturated rings. The Morgan fingerprint density at radius 3 is 1.21 bits per heavy atom. The van der Waals surface area contributed by atoms with E-state index in [0.717, 1.165) is 0 Å². The Morgan fingerprint density at radius 2 is 1.14 bits per heavy atom. The number of halogens is 2. The van der Waals surface area contributed by atoms with E-state index in [1.807, 2.05) is 0 Å². The van der Waals surface area contributed by atoms with E-state index in [-0.39, 0.29) is 14.9 Å². The quantitative estimate of drug-likeness (QED) is 0.420. The molecule has 0 amide bonds. The van der Waals surface area contributed by atoms with Gasteiger partial charge in [-0.15, -0.1) is 0 Å². The third-order valence-electron chi connectivity index (χ3n) is 1.97. The average molecular weight is 428 g/mol. The summed E-state index contributed by atoms with van der Waals surface area (Å²) in [5, 5.41) is 0. The molecule has 0 saturated heterocycles. The van der Waals surface area contributed by atoms with Crippen molar-refractivity contribution in [1.29, 1.82) is 0 Å². The number of rotatable bonds is 2. The maximum atomic E-state index is 2.35. The van der Waals surface area contributed by atoms with Crippen LogP contribution < -0.4 is 0 Å². The average Bonchev–Trinajstić information content (AvgIpc) is 1.88. The van der Waals surface area contributed by atoms with Crippen molar-refractivity contribution >= 4 is 37.2 Å². The minimum atomic E-state index is 0. The molecular weight excluding hydrogens is 398 g/mol. The molecule has 0 aliphatic heterocycles. The van der Waals surface area contributed by atoms with E-state index < -0.39 is 0 Å². The zero-order chi connectivity index (χ0) is 10.4. The van der Waals surface area contributed by atoms with Crippen molar-refractivity contribution in [3.8, 4) is 0 Å². The Morgan fingerprint density at radius 1 is 0.857 bits per heavy atom. The van der Waals surface area contributed by atoms with Gasteiger partial charge in [0.2, 0.25) is 0 Å². The van der Waals surface area contributed by atoms with Gasteiger partial charge in [0.25, 0.3) is 0 Å². The minimum Gasteiger partial charge on any atom is -0.0776 e. The first-order valence-corrected chi connectivity index (χ1v) is 10.7. The molecule has 0 aromatic rings. The summed E-state index contributed by atoms with van der Waals surface area (Å²) in [5.41, 5.74) is 1.01. The van der Waals surface area contributed by atoms with E-state index in [9.17, 15) is 0 Å². The highest BCUT2D eigenvalue weighted by molar-refractivity contribution is 15.0. The molecule has 14 heavy (non-hydrogen) atoms. The molecule has 0 radical (unpaired) electrons. The van der Waals surface area contributed by atoms with Gasteiger partial charge in [-0.3, -0.25) is 0 Å². The van der Waals surface area contributed by atoms with Gasteiger partial charge in [0.05, 0.1) is 0 Å². The zero-order valence-corrected chi connectivity index (χ0v) is 13.5. The Labute approximate surface area is 116 Å². The summed E-state index contributed by atoms with van der Waals surface area (Å²) in [6.07, 6.45) is 2.60. The van der Waals surface area contributed by atoms with Crippen LogP contribution in [0.15, 0.2) is 0 Å². The second-order valence-corrected chi connectivity index (χ2v) is 5.26. The highest BCUT2D eigenvalue weighted by atomic mass is 128. The first-order chi connectivity index (χ1) is 5.27. The van der Waals surface area contributed by atoms with Crippen molar-refractivity contribution in [2.24, 2.45) is 10.8 Å². The van der Waals surface area contributed by atoms with Crippen LogP contribution in [0.25, 0.3) is 0 Å². The molecule has 2 heteroatoms. The molecule has 0 aromatic heterocycles. The van der Waals surface area contributed by atoms with Gasteiger partial charge in [0.15, 0.2) is 0 Å². The Balaban J connectivity index is -0.000000117. The predicted molar refractivity (Wildman–Crippen MR) is 89.6 cm³/mol. The van der Waals surface area contributed by atoms with Gasteiger partial charge in [0, 0.05) is 37.2 Å². The smallest absolute Gasteiger partial charge is 0 e. The van der Waals surface area contributed by atoms with Crippen LogP contribution in [0.3, 0.4) is 0 Å². The van der Waals surface area contributed by atoms with Crippen LogP contribution in [-0.2, 0) is 0 Å². The fourth-order valence-corrected chi connectivity index (χ4v) is 1.56. The molecule has 0 aliphatic rings. The standard InChI is InChI=1S/C10H22.2CH4.I2/c1-7-10(5,6)8-9(2,3)4;;;1-2/h7-8H2,1-6H3;2*1H4;. The fraction of sp³-hybridized carbons (Fsp3) is 1.00. The second kappa shape index (κ2) is 11.0. The monoisotopic (exact) mass is 428 g/mol. The summed E-state index contributed by atoms with van der Waals surface area (Å²) in [6.45, 7) is 13.9. The van der Waals surface area contributed by atoms with Crippen LogP contribution in [0, 0.1) is 10.8 Å². The zero-order valence-electron chi connectivity index (χ0n) is 9.17. The lowest BCUT2D eigenvalue weighted by atomic mass is 9.75. The van der Waals surface area contributed by atoms with E-state index in [1.54, 1.807) is 0 Å². The molecule has 0 unspecified atom stereocenters. The van der Waals surface area contributed by atoms with Crippen molar-refractivity contribution in [2.45, 2.75) is 69.2 Å². The normalized spacial score (nSPS) is 10.3. The summed E-state index contributed by atoms with van der Waals surface area (Å²) in [7, 11) is 0. The predicted octanol–water partition coefficient (Wildman–Crippen LogP) is 6.90. The Hall–Kier alpha value is 1.46. The summed E-state index contributed by atoms with van der Waals surface area (Å²) in [6, 6.07) is 0. The van der Waals surface area contributed by atoms with Crippen LogP contribution in [0.4, 0.5) is 0 Å². The molecule has 0 aromatic carbocycles. The highest BCUT2D eigenvalue weighted by Crippen LogP contribution is 2.35. The molecule has 92 valence electrons. The summed E-state index contributed by atoms with van der Waals surface area (Å²) in [4.78, 5) is 0. The maximum absolute atomic E-state index is 2.35. The van der Waals surface area contributed by atoms with E-state index in [0.29, 0.717) is 10.8 Å². The lowest BCUT2D eigenvalue weighted by Gasteiger charge is -2.31. The summed E-state index contributed by atoms with van der Waals surface area (Å²) < 4.78 is 0. The molecule has 0 nitrogen and oxygen atoms in total. The second-order valence-electron chi connectivity index (χ2n) is 5.26. The van der Waals surface area contributed by atoms with Gasteiger partial charge >= 0.3 is 0 Å². The van der Waals surface area contributed by atoms with E-state index in [1.165, 1.54) is 12.8 Å².